The molecule has 0 spiro atoms. The molecule has 0 aliphatic rings. The molecule has 0 saturated carbocycles. The molecule has 5 aromatic heterocycles. The number of aryl methyl sites for hydroxylation is 1. The Bertz CT molecular complexity index is 1250. The van der Waals surface area contributed by atoms with Gasteiger partial charge in [-0.1, -0.05) is 0 Å². The van der Waals surface area contributed by atoms with Crippen LogP contribution in [0, 0.1) is 0 Å². The van der Waals surface area contributed by atoms with Gasteiger partial charge in [-0.25, -0.2) is 9.50 Å². The van der Waals surface area contributed by atoms with Gasteiger partial charge in [0, 0.05) is 48.5 Å². The average molecular weight is 345 g/mol. The van der Waals surface area contributed by atoms with E-state index in [0.29, 0.717) is 0 Å². The smallest absolute Gasteiger partial charge is 0.155 e. The van der Waals surface area contributed by atoms with Gasteiger partial charge in [-0.15, -0.1) is 0 Å². The molecule has 5 rings (SSSR count). The summed E-state index contributed by atoms with van der Waals surface area (Å²) in [5, 5.41) is 8.77. The maximum absolute atomic E-state index is 5.68. The Kier molecular flexibility index (Phi) is 3.05. The molecule has 26 heavy (non-hydrogen) atoms. The highest BCUT2D eigenvalue weighted by Gasteiger charge is 2.17. The number of hydrogen-bond acceptors (Lipinski definition) is 5. The Morgan fingerprint density at radius 2 is 1.92 bits per heavy atom. The highest BCUT2D eigenvalue weighted by atomic mass is 16.5. The third kappa shape index (κ3) is 2.08. The van der Waals surface area contributed by atoms with Crippen molar-refractivity contribution >= 4 is 11.2 Å². The van der Waals surface area contributed by atoms with Crippen molar-refractivity contribution in [2.45, 2.75) is 0 Å². The van der Waals surface area contributed by atoms with Crippen LogP contribution >= 0.6 is 0 Å². The molecule has 5 aromatic rings. The fourth-order valence-electron chi connectivity index (χ4n) is 3.20. The van der Waals surface area contributed by atoms with E-state index in [0.717, 1.165) is 39.3 Å². The van der Waals surface area contributed by atoms with Crippen molar-refractivity contribution in [2.75, 3.05) is 7.11 Å². The number of methoxy groups -OCH3 is 1. The largest absolute Gasteiger partial charge is 0.494 e. The Hall–Kier alpha value is -3.68. The minimum Gasteiger partial charge on any atom is -0.494 e. The number of hydrogen-bond donors (Lipinski definition) is 0. The predicted molar refractivity (Wildman–Crippen MR) is 95.9 cm³/mol. The second kappa shape index (κ2) is 5.41. The van der Waals surface area contributed by atoms with Crippen LogP contribution in [-0.4, -0.2) is 40.9 Å². The topological polar surface area (TPSA) is 74.5 Å². The quantitative estimate of drug-likeness (QED) is 0.502. The molecule has 0 bridgehead atoms. The molecular formula is C18H15N7O. The molecule has 0 aliphatic heterocycles. The van der Waals surface area contributed by atoms with Gasteiger partial charge in [0.05, 0.1) is 37.6 Å². The molecule has 0 fully saturated rings. The fourth-order valence-corrected chi connectivity index (χ4v) is 3.20. The van der Waals surface area contributed by atoms with Crippen molar-refractivity contribution < 1.29 is 4.74 Å². The number of rotatable bonds is 3. The van der Waals surface area contributed by atoms with E-state index < -0.39 is 0 Å². The Morgan fingerprint density at radius 1 is 1.00 bits per heavy atom. The average Bonchev–Trinajstić information content (AvgIpc) is 3.38. The van der Waals surface area contributed by atoms with Crippen molar-refractivity contribution in [3.63, 3.8) is 0 Å². The van der Waals surface area contributed by atoms with E-state index in [4.69, 9.17) is 4.74 Å². The summed E-state index contributed by atoms with van der Waals surface area (Å²) in [6.07, 6.45) is 14.8. The zero-order chi connectivity index (χ0) is 17.7. The minimum absolute atomic E-state index is 0.739. The SMILES string of the molecule is COc1cc(-c2cnn(C)c2)cn2ncc(-c3cnc4cnccn34)c12. The maximum Gasteiger partial charge on any atom is 0.155 e. The summed E-state index contributed by atoms with van der Waals surface area (Å²) in [6.45, 7) is 0. The van der Waals surface area contributed by atoms with E-state index in [1.165, 1.54) is 0 Å². The molecule has 0 unspecified atom stereocenters. The van der Waals surface area contributed by atoms with Crippen molar-refractivity contribution in [2.24, 2.45) is 7.05 Å². The van der Waals surface area contributed by atoms with Gasteiger partial charge in [0.2, 0.25) is 0 Å². The summed E-state index contributed by atoms with van der Waals surface area (Å²) in [4.78, 5) is 8.53. The zero-order valence-corrected chi connectivity index (χ0v) is 14.2. The zero-order valence-electron chi connectivity index (χ0n) is 14.2. The number of imidazole rings is 1. The monoisotopic (exact) mass is 345 g/mol. The summed E-state index contributed by atoms with van der Waals surface area (Å²) in [5.41, 5.74) is 5.54. The molecule has 0 radical (unpaired) electrons. The van der Waals surface area contributed by atoms with Crippen LogP contribution in [0.2, 0.25) is 0 Å². The van der Waals surface area contributed by atoms with E-state index in [1.807, 2.05) is 59.2 Å². The number of pyridine rings is 1. The standard InChI is InChI=1S/C18H15N7O/c1-23-10-13(6-21-23)12-5-16(26-2)18-14(7-22-25(18)11-12)15-8-20-17-9-19-3-4-24(15)17/h3-11H,1-2H3. The van der Waals surface area contributed by atoms with Crippen LogP contribution in [0.1, 0.15) is 0 Å². The molecule has 0 amide bonds. The molecule has 0 N–H and O–H groups in total. The van der Waals surface area contributed by atoms with Crippen LogP contribution in [0.5, 0.6) is 5.75 Å². The molecule has 8 nitrogen and oxygen atoms in total. The Morgan fingerprint density at radius 3 is 2.73 bits per heavy atom. The second-order valence-electron chi connectivity index (χ2n) is 6.00. The number of aromatic nitrogens is 7. The van der Waals surface area contributed by atoms with Crippen LogP contribution in [0.4, 0.5) is 0 Å². The van der Waals surface area contributed by atoms with Gasteiger partial charge < -0.3 is 4.74 Å². The molecule has 0 saturated heterocycles. The van der Waals surface area contributed by atoms with E-state index in [-0.39, 0.29) is 0 Å². The molecule has 0 aromatic carbocycles. The van der Waals surface area contributed by atoms with Gasteiger partial charge in [0.15, 0.2) is 5.65 Å². The van der Waals surface area contributed by atoms with Crippen LogP contribution < -0.4 is 4.74 Å². The van der Waals surface area contributed by atoms with Gasteiger partial charge in [-0.3, -0.25) is 14.1 Å². The van der Waals surface area contributed by atoms with Gasteiger partial charge >= 0.3 is 0 Å². The lowest BCUT2D eigenvalue weighted by Crippen LogP contribution is -1.95. The maximum atomic E-state index is 5.68. The highest BCUT2D eigenvalue weighted by molar-refractivity contribution is 5.85. The van der Waals surface area contributed by atoms with Crippen LogP contribution in [-0.2, 0) is 7.05 Å². The van der Waals surface area contributed by atoms with Crippen molar-refractivity contribution in [1.29, 1.82) is 0 Å². The lowest BCUT2D eigenvalue weighted by atomic mass is 10.1. The minimum atomic E-state index is 0.739. The van der Waals surface area contributed by atoms with Crippen LogP contribution in [0.15, 0.2) is 55.6 Å². The summed E-state index contributed by atoms with van der Waals surface area (Å²) in [5.74, 6) is 0.739. The summed E-state index contributed by atoms with van der Waals surface area (Å²) in [7, 11) is 3.56. The second-order valence-corrected chi connectivity index (χ2v) is 6.00. The van der Waals surface area contributed by atoms with Gasteiger partial charge in [0.1, 0.15) is 11.3 Å². The Balaban J connectivity index is 1.76. The molecule has 128 valence electrons. The summed E-state index contributed by atoms with van der Waals surface area (Å²) in [6, 6.07) is 2.00. The molecule has 0 aliphatic carbocycles. The first-order valence-electron chi connectivity index (χ1n) is 8.06. The predicted octanol–water partition coefficient (Wildman–Crippen LogP) is 2.45. The molecule has 8 heteroatoms. The molecule has 0 atom stereocenters. The normalized spacial score (nSPS) is 11.5. The number of ether oxygens (including phenoxy) is 1. The van der Waals surface area contributed by atoms with Crippen LogP contribution in [0.3, 0.4) is 0 Å². The van der Waals surface area contributed by atoms with Crippen molar-refractivity contribution in [1.82, 2.24) is 33.8 Å². The molecular weight excluding hydrogens is 330 g/mol. The lowest BCUT2D eigenvalue weighted by molar-refractivity contribution is 0.418. The van der Waals surface area contributed by atoms with Crippen molar-refractivity contribution in [3.05, 3.63) is 55.6 Å². The van der Waals surface area contributed by atoms with E-state index in [2.05, 4.69) is 20.2 Å². The summed E-state index contributed by atoms with van der Waals surface area (Å²) < 4.78 is 11.3. The fraction of sp³-hybridized carbons (Fsp3) is 0.111. The van der Waals surface area contributed by atoms with E-state index in [1.54, 1.807) is 24.2 Å². The third-order valence-electron chi connectivity index (χ3n) is 4.43. The van der Waals surface area contributed by atoms with Gasteiger partial charge in [-0.2, -0.15) is 10.2 Å². The van der Waals surface area contributed by atoms with Gasteiger partial charge in [-0.05, 0) is 6.07 Å². The first kappa shape index (κ1) is 14.6. The van der Waals surface area contributed by atoms with E-state index >= 15 is 0 Å². The first-order valence-corrected chi connectivity index (χ1v) is 8.06. The summed E-state index contributed by atoms with van der Waals surface area (Å²) >= 11 is 0. The van der Waals surface area contributed by atoms with Crippen LogP contribution in [0.25, 0.3) is 33.5 Å². The third-order valence-corrected chi connectivity index (χ3v) is 4.43. The lowest BCUT2D eigenvalue weighted by Gasteiger charge is -2.08. The highest BCUT2D eigenvalue weighted by Crippen LogP contribution is 2.34. The van der Waals surface area contributed by atoms with Gasteiger partial charge in [0.25, 0.3) is 0 Å². The van der Waals surface area contributed by atoms with Crippen molar-refractivity contribution in [3.8, 4) is 28.1 Å². The number of fused-ring (bicyclic) bond motifs is 2. The Labute approximate surface area is 148 Å². The van der Waals surface area contributed by atoms with E-state index in [9.17, 15) is 0 Å². The number of nitrogens with zero attached hydrogens (tertiary/aromatic N) is 7. The first-order chi connectivity index (χ1) is 12.7. The molecule has 5 heterocycles.